The van der Waals surface area contributed by atoms with Crippen molar-refractivity contribution in [1.29, 1.82) is 0 Å². The predicted molar refractivity (Wildman–Crippen MR) is 107 cm³/mol. The Morgan fingerprint density at radius 2 is 1.39 bits per heavy atom. The summed E-state index contributed by atoms with van der Waals surface area (Å²) in [5.41, 5.74) is 1.31. The Hall–Kier alpha value is -2.48. The van der Waals surface area contributed by atoms with E-state index in [0.29, 0.717) is 18.4 Å². The fraction of sp³-hybridized carbons (Fsp3) is 0.0952. The van der Waals surface area contributed by atoms with Crippen molar-refractivity contribution in [2.45, 2.75) is 12.8 Å². The Morgan fingerprint density at radius 1 is 0.871 bits per heavy atom. The molecule has 0 spiro atoms. The zero-order chi connectivity index (χ0) is 21.6. The topological polar surface area (TPSA) is 119 Å². The van der Waals surface area contributed by atoms with Crippen LogP contribution in [0.15, 0.2) is 78.9 Å². The number of carbonyl (C=O) groups is 1. The van der Waals surface area contributed by atoms with E-state index in [1.807, 2.05) is 6.07 Å². The molecule has 0 amide bonds. The van der Waals surface area contributed by atoms with Crippen molar-refractivity contribution in [2.24, 2.45) is 0 Å². The molecule has 0 bridgehead atoms. The summed E-state index contributed by atoms with van der Waals surface area (Å²) in [5, 5.41) is 10.6. The van der Waals surface area contributed by atoms with E-state index < -0.39 is 12.7 Å². The van der Waals surface area contributed by atoms with Crippen molar-refractivity contribution in [1.82, 2.24) is 0 Å². The first-order chi connectivity index (χ1) is 14.3. The molecule has 0 saturated heterocycles. The molecular formula is C21H17NNaO7P. The van der Waals surface area contributed by atoms with Crippen molar-refractivity contribution >= 4 is 19.3 Å². The molecular weight excluding hydrogens is 432 g/mol. The predicted octanol–water partition coefficient (Wildman–Crippen LogP) is 1.34. The number of ketones is 1. The molecule has 3 rings (SSSR count). The fourth-order valence-corrected chi connectivity index (χ4v) is 3.45. The van der Waals surface area contributed by atoms with Crippen LogP contribution in [0.1, 0.15) is 22.3 Å². The summed E-state index contributed by atoms with van der Waals surface area (Å²) in [6.07, 6.45) is 0.829. The number of nitro benzene ring substituents is 1. The monoisotopic (exact) mass is 449 g/mol. The number of carbonyl (C=O) groups excluding carboxylic acids is 1. The Morgan fingerprint density at radius 3 is 1.90 bits per heavy atom. The van der Waals surface area contributed by atoms with Crippen LogP contribution in [0.5, 0.6) is 11.5 Å². The maximum Gasteiger partial charge on any atom is 1.00 e. The van der Waals surface area contributed by atoms with E-state index in [4.69, 9.17) is 9.05 Å². The first-order valence-electron chi connectivity index (χ1n) is 8.94. The van der Waals surface area contributed by atoms with Gasteiger partial charge in [-0.25, -0.2) is 4.57 Å². The third-order valence-electron chi connectivity index (χ3n) is 4.14. The number of non-ortho nitro benzene ring substituents is 1. The van der Waals surface area contributed by atoms with Gasteiger partial charge in [-0.3, -0.25) is 14.9 Å². The molecule has 0 N–H and O–H groups in total. The molecule has 1 unspecified atom stereocenters. The molecule has 0 saturated carbocycles. The van der Waals surface area contributed by atoms with Gasteiger partial charge in [0.25, 0.3) is 5.69 Å². The van der Waals surface area contributed by atoms with Crippen molar-refractivity contribution in [3.05, 3.63) is 100 Å². The van der Waals surface area contributed by atoms with Gasteiger partial charge in [0.15, 0.2) is 5.78 Å². The molecule has 1 atom stereocenters. The third-order valence-corrected chi connectivity index (χ3v) is 5.01. The minimum Gasteiger partial charge on any atom is -0.736 e. The second kappa shape index (κ2) is 11.2. The smallest absolute Gasteiger partial charge is 0.736 e. The Bertz CT molecular complexity index is 1070. The maximum absolute atomic E-state index is 12.1. The average molecular weight is 449 g/mol. The van der Waals surface area contributed by atoms with E-state index in [2.05, 4.69) is 0 Å². The quantitative estimate of drug-likeness (QED) is 0.159. The minimum atomic E-state index is -4.74. The summed E-state index contributed by atoms with van der Waals surface area (Å²) in [7, 11) is -4.74. The Kier molecular flexibility index (Phi) is 8.98. The standard InChI is InChI=1S/C21H18NO7P.Na/c23-21(17-4-2-1-3-5-17)15-8-16-6-11-19(12-7-16)28-30(26,27)29-20-13-9-18(10-14-20)22(24)25;/h1-7,9-14H,8,15H2,(H,26,27);/q;+1/p-1. The summed E-state index contributed by atoms with van der Waals surface area (Å²) in [6, 6.07) is 19.8. The summed E-state index contributed by atoms with van der Waals surface area (Å²) in [6.45, 7) is 0. The number of nitrogens with zero attached hydrogens (tertiary/aromatic N) is 1. The van der Waals surface area contributed by atoms with Crippen LogP contribution in [0.3, 0.4) is 0 Å². The number of phosphoric acid groups is 1. The molecule has 0 radical (unpaired) electrons. The van der Waals surface area contributed by atoms with Crippen molar-refractivity contribution in [3.8, 4) is 11.5 Å². The summed E-state index contributed by atoms with van der Waals surface area (Å²) in [4.78, 5) is 34.2. The molecule has 10 heteroatoms. The number of hydrogen-bond donors (Lipinski definition) is 0. The molecule has 0 aliphatic carbocycles. The van der Waals surface area contributed by atoms with Gasteiger partial charge in [-0.15, -0.1) is 0 Å². The third kappa shape index (κ3) is 7.61. The second-order valence-electron chi connectivity index (χ2n) is 6.31. The van der Waals surface area contributed by atoms with Crippen molar-refractivity contribution in [3.63, 3.8) is 0 Å². The van der Waals surface area contributed by atoms with E-state index in [-0.39, 0.29) is 52.5 Å². The number of rotatable bonds is 9. The van der Waals surface area contributed by atoms with Crippen LogP contribution in [-0.4, -0.2) is 10.7 Å². The minimum absolute atomic E-state index is 0. The van der Waals surface area contributed by atoms with Crippen LogP contribution in [-0.2, 0) is 11.0 Å². The molecule has 3 aromatic carbocycles. The number of hydrogen-bond acceptors (Lipinski definition) is 7. The van der Waals surface area contributed by atoms with Crippen LogP contribution in [0, 0.1) is 10.1 Å². The summed E-state index contributed by atoms with van der Waals surface area (Å²) < 4.78 is 21.8. The van der Waals surface area contributed by atoms with Crippen molar-refractivity contribution in [2.75, 3.05) is 0 Å². The van der Waals surface area contributed by atoms with Gasteiger partial charge in [-0.1, -0.05) is 42.5 Å². The van der Waals surface area contributed by atoms with Gasteiger partial charge in [-0.05, 0) is 36.2 Å². The van der Waals surface area contributed by atoms with Crippen LogP contribution in [0.2, 0.25) is 0 Å². The van der Waals surface area contributed by atoms with Gasteiger partial charge < -0.3 is 13.9 Å². The molecule has 31 heavy (non-hydrogen) atoms. The molecule has 0 heterocycles. The number of Topliss-reactive ketones (excluding diaryl/α,β-unsaturated/α-hetero) is 1. The van der Waals surface area contributed by atoms with Crippen LogP contribution >= 0.6 is 7.82 Å². The summed E-state index contributed by atoms with van der Waals surface area (Å²) >= 11 is 0. The molecule has 0 aromatic heterocycles. The molecule has 154 valence electrons. The van der Waals surface area contributed by atoms with Gasteiger partial charge in [0.2, 0.25) is 0 Å². The van der Waals surface area contributed by atoms with Gasteiger partial charge >= 0.3 is 37.4 Å². The molecule has 0 fully saturated rings. The molecule has 8 nitrogen and oxygen atoms in total. The van der Waals surface area contributed by atoms with E-state index in [1.54, 1.807) is 36.4 Å². The molecule has 0 aliphatic rings. The van der Waals surface area contributed by atoms with E-state index >= 15 is 0 Å². The fourth-order valence-electron chi connectivity index (χ4n) is 2.65. The van der Waals surface area contributed by atoms with E-state index in [9.17, 15) is 24.4 Å². The maximum atomic E-state index is 12.1. The summed E-state index contributed by atoms with van der Waals surface area (Å²) in [5.74, 6) is -0.0279. The largest absolute Gasteiger partial charge is 1.00 e. The van der Waals surface area contributed by atoms with E-state index in [0.717, 1.165) is 17.7 Å². The van der Waals surface area contributed by atoms with Gasteiger partial charge in [0, 0.05) is 24.1 Å². The van der Waals surface area contributed by atoms with Crippen LogP contribution < -0.4 is 43.5 Å². The number of phosphoric ester groups is 1. The van der Waals surface area contributed by atoms with Crippen molar-refractivity contribution < 1.29 is 57.8 Å². The average Bonchev–Trinajstić information content (AvgIpc) is 2.73. The zero-order valence-corrected chi connectivity index (χ0v) is 19.6. The van der Waals surface area contributed by atoms with Gasteiger partial charge in [-0.2, -0.15) is 0 Å². The normalized spacial score (nSPS) is 12.2. The zero-order valence-electron chi connectivity index (χ0n) is 16.7. The van der Waals surface area contributed by atoms with E-state index in [1.165, 1.54) is 24.3 Å². The molecule has 3 aromatic rings. The number of nitro groups is 1. The van der Waals surface area contributed by atoms with Gasteiger partial charge in [0.05, 0.1) is 4.92 Å². The molecule has 0 aliphatic heterocycles. The van der Waals surface area contributed by atoms with Crippen LogP contribution in [0.25, 0.3) is 0 Å². The first-order valence-corrected chi connectivity index (χ1v) is 10.4. The Balaban J connectivity index is 0.00000341. The second-order valence-corrected chi connectivity index (χ2v) is 7.57. The van der Waals surface area contributed by atoms with Gasteiger partial charge in [0.1, 0.15) is 11.5 Å². The SMILES string of the molecule is O=C(CCc1ccc(OP(=O)([O-])Oc2ccc([N+](=O)[O-])cc2)cc1)c1ccccc1.[Na+]. The first kappa shape index (κ1) is 24.8. The number of aryl methyl sites for hydroxylation is 1. The number of benzene rings is 3. The van der Waals surface area contributed by atoms with Crippen LogP contribution in [0.4, 0.5) is 5.69 Å². The Labute approximate surface area is 200 Å².